The number of anilines is 1. The van der Waals surface area contributed by atoms with Gasteiger partial charge in [0.25, 0.3) is 0 Å². The van der Waals surface area contributed by atoms with Crippen LogP contribution in [-0.2, 0) is 17.6 Å². The predicted octanol–water partition coefficient (Wildman–Crippen LogP) is 4.03. The molecule has 168 valence electrons. The van der Waals surface area contributed by atoms with Gasteiger partial charge < -0.3 is 19.4 Å². The van der Waals surface area contributed by atoms with Gasteiger partial charge in [-0.2, -0.15) is 0 Å². The first kappa shape index (κ1) is 20.9. The normalized spacial score (nSPS) is 16.6. The summed E-state index contributed by atoms with van der Waals surface area (Å²) in [6, 6.07) is 12.4. The number of aryl methyl sites for hydroxylation is 1. The number of hydrogen-bond acceptors (Lipinski definition) is 5. The van der Waals surface area contributed by atoms with Crippen LogP contribution in [0.25, 0.3) is 10.9 Å². The summed E-state index contributed by atoms with van der Waals surface area (Å²) in [5, 5.41) is 1.12. The Bertz CT molecular complexity index is 1100. The van der Waals surface area contributed by atoms with Crippen LogP contribution in [0.2, 0.25) is 0 Å². The lowest BCUT2D eigenvalue weighted by Crippen LogP contribution is -2.47. The zero-order valence-electron chi connectivity index (χ0n) is 18.7. The number of hydrogen-bond donors (Lipinski definition) is 1. The Hall–Kier alpha value is -2.99. The minimum Gasteiger partial charge on any atom is -0.493 e. The second kappa shape index (κ2) is 9.25. The van der Waals surface area contributed by atoms with E-state index in [1.54, 1.807) is 0 Å². The Labute approximate surface area is 189 Å². The number of ether oxygens (including phenoxy) is 2. The number of fused-ring (bicyclic) bond motifs is 2. The molecule has 2 aliphatic heterocycles. The van der Waals surface area contributed by atoms with Gasteiger partial charge in [0.2, 0.25) is 0 Å². The van der Waals surface area contributed by atoms with E-state index in [9.17, 15) is 4.79 Å². The molecular weight excluding hydrogens is 402 g/mol. The Balaban J connectivity index is 1.19. The van der Waals surface area contributed by atoms with Crippen LogP contribution in [0.3, 0.4) is 0 Å². The van der Waals surface area contributed by atoms with Crippen LogP contribution in [0, 0.1) is 0 Å². The summed E-state index contributed by atoms with van der Waals surface area (Å²) >= 11 is 0. The number of rotatable bonds is 6. The lowest BCUT2D eigenvalue weighted by Gasteiger charge is -2.36. The first-order valence-electron chi connectivity index (χ1n) is 11.7. The van der Waals surface area contributed by atoms with Crippen molar-refractivity contribution in [3.05, 3.63) is 59.3 Å². The van der Waals surface area contributed by atoms with Crippen molar-refractivity contribution in [2.45, 2.75) is 26.2 Å². The number of esters is 1. The standard InChI is InChI=1S/C26H31N3O3/c1-2-31-26(30)20-5-7-24-23(17-20)21(18-27-24)9-10-28-11-13-29(14-12-28)22-6-8-25-19(16-22)4-3-15-32-25/h5-8,16-18,27H,2-4,9-15H2,1H3. The monoisotopic (exact) mass is 433 g/mol. The Morgan fingerprint density at radius 1 is 1.12 bits per heavy atom. The molecule has 6 heteroatoms. The maximum atomic E-state index is 12.1. The van der Waals surface area contributed by atoms with Crippen LogP contribution in [-0.4, -0.2) is 61.8 Å². The SMILES string of the molecule is CCOC(=O)c1ccc2[nH]cc(CCN3CCN(c4ccc5c(c4)CCCO5)CC3)c2c1. The number of nitrogens with zero attached hydrogens (tertiary/aromatic N) is 2. The fraction of sp³-hybridized carbons (Fsp3) is 0.423. The Morgan fingerprint density at radius 3 is 2.84 bits per heavy atom. The van der Waals surface area contributed by atoms with Gasteiger partial charge in [0.05, 0.1) is 18.8 Å². The molecule has 0 spiro atoms. The number of piperazine rings is 1. The largest absolute Gasteiger partial charge is 0.493 e. The van der Waals surface area contributed by atoms with Crippen molar-refractivity contribution >= 4 is 22.6 Å². The minimum absolute atomic E-state index is 0.258. The number of carbonyl (C=O) groups excluding carboxylic acids is 1. The average molecular weight is 434 g/mol. The summed E-state index contributed by atoms with van der Waals surface area (Å²) in [6.07, 6.45) is 5.26. The molecule has 0 radical (unpaired) electrons. The summed E-state index contributed by atoms with van der Waals surface area (Å²) in [4.78, 5) is 20.5. The summed E-state index contributed by atoms with van der Waals surface area (Å²) < 4.78 is 10.9. The van der Waals surface area contributed by atoms with Crippen molar-refractivity contribution in [2.24, 2.45) is 0 Å². The zero-order chi connectivity index (χ0) is 21.9. The van der Waals surface area contributed by atoms with Gasteiger partial charge in [0.1, 0.15) is 5.75 Å². The van der Waals surface area contributed by atoms with E-state index in [0.29, 0.717) is 12.2 Å². The molecule has 0 unspecified atom stereocenters. The van der Waals surface area contributed by atoms with Gasteiger partial charge >= 0.3 is 5.97 Å². The second-order valence-corrected chi connectivity index (χ2v) is 8.62. The van der Waals surface area contributed by atoms with Crippen molar-refractivity contribution < 1.29 is 14.3 Å². The van der Waals surface area contributed by atoms with E-state index in [1.807, 2.05) is 25.1 Å². The van der Waals surface area contributed by atoms with Gasteiger partial charge in [0, 0.05) is 55.5 Å². The van der Waals surface area contributed by atoms with E-state index in [1.165, 1.54) is 16.8 Å². The van der Waals surface area contributed by atoms with E-state index in [-0.39, 0.29) is 5.97 Å². The smallest absolute Gasteiger partial charge is 0.338 e. The number of nitrogens with one attached hydrogen (secondary N) is 1. The molecule has 1 fully saturated rings. The number of aromatic amines is 1. The summed E-state index contributed by atoms with van der Waals surface area (Å²) in [5.74, 6) is 0.801. The van der Waals surface area contributed by atoms with Gasteiger partial charge in [-0.3, -0.25) is 4.90 Å². The molecule has 0 amide bonds. The lowest BCUT2D eigenvalue weighted by molar-refractivity contribution is 0.0526. The maximum absolute atomic E-state index is 12.1. The minimum atomic E-state index is -0.258. The molecule has 2 aromatic carbocycles. The van der Waals surface area contributed by atoms with Crippen LogP contribution < -0.4 is 9.64 Å². The number of aromatic nitrogens is 1. The first-order chi connectivity index (χ1) is 15.7. The zero-order valence-corrected chi connectivity index (χ0v) is 18.7. The molecular formula is C26H31N3O3. The third-order valence-corrected chi connectivity index (χ3v) is 6.61. The quantitative estimate of drug-likeness (QED) is 0.595. The summed E-state index contributed by atoms with van der Waals surface area (Å²) in [6.45, 7) is 8.28. The van der Waals surface area contributed by atoms with Crippen LogP contribution in [0.15, 0.2) is 42.6 Å². The Kier molecular flexibility index (Phi) is 6.04. The van der Waals surface area contributed by atoms with Crippen LogP contribution in [0.5, 0.6) is 5.75 Å². The van der Waals surface area contributed by atoms with Gasteiger partial charge in [-0.15, -0.1) is 0 Å². The van der Waals surface area contributed by atoms with Crippen LogP contribution in [0.1, 0.15) is 34.8 Å². The van der Waals surface area contributed by atoms with E-state index in [2.05, 4.69) is 39.2 Å². The van der Waals surface area contributed by atoms with E-state index in [0.717, 1.165) is 75.2 Å². The molecule has 0 bridgehead atoms. The van der Waals surface area contributed by atoms with Crippen molar-refractivity contribution in [1.29, 1.82) is 0 Å². The maximum Gasteiger partial charge on any atom is 0.338 e. The molecule has 6 nitrogen and oxygen atoms in total. The summed E-state index contributed by atoms with van der Waals surface area (Å²) in [7, 11) is 0. The van der Waals surface area contributed by atoms with Crippen molar-refractivity contribution in [2.75, 3.05) is 50.8 Å². The Morgan fingerprint density at radius 2 is 2.00 bits per heavy atom. The molecule has 5 rings (SSSR count). The molecule has 3 heterocycles. The molecule has 32 heavy (non-hydrogen) atoms. The number of H-pyrrole nitrogens is 1. The van der Waals surface area contributed by atoms with Crippen LogP contribution in [0.4, 0.5) is 5.69 Å². The lowest BCUT2D eigenvalue weighted by atomic mass is 10.0. The molecule has 1 N–H and O–H groups in total. The van der Waals surface area contributed by atoms with Crippen molar-refractivity contribution in [3.63, 3.8) is 0 Å². The van der Waals surface area contributed by atoms with Crippen molar-refractivity contribution in [3.8, 4) is 5.75 Å². The highest BCUT2D eigenvalue weighted by molar-refractivity contribution is 5.95. The molecule has 2 aliphatic rings. The topological polar surface area (TPSA) is 57.8 Å². The molecule has 0 saturated carbocycles. The third-order valence-electron chi connectivity index (χ3n) is 6.61. The number of carbonyl (C=O) groups is 1. The fourth-order valence-electron chi connectivity index (χ4n) is 4.78. The van der Waals surface area contributed by atoms with Gasteiger partial charge in [0.15, 0.2) is 0 Å². The third kappa shape index (κ3) is 4.32. The van der Waals surface area contributed by atoms with Crippen LogP contribution >= 0.6 is 0 Å². The molecule has 1 saturated heterocycles. The highest BCUT2D eigenvalue weighted by atomic mass is 16.5. The average Bonchev–Trinajstić information content (AvgIpc) is 3.25. The van der Waals surface area contributed by atoms with E-state index in [4.69, 9.17) is 9.47 Å². The molecule has 1 aromatic heterocycles. The highest BCUT2D eigenvalue weighted by Crippen LogP contribution is 2.29. The second-order valence-electron chi connectivity index (χ2n) is 8.62. The van der Waals surface area contributed by atoms with Gasteiger partial charge in [-0.1, -0.05) is 0 Å². The van der Waals surface area contributed by atoms with E-state index >= 15 is 0 Å². The first-order valence-corrected chi connectivity index (χ1v) is 11.7. The molecule has 3 aromatic rings. The predicted molar refractivity (Wildman–Crippen MR) is 127 cm³/mol. The van der Waals surface area contributed by atoms with E-state index < -0.39 is 0 Å². The fourth-order valence-corrected chi connectivity index (χ4v) is 4.78. The van der Waals surface area contributed by atoms with Gasteiger partial charge in [-0.25, -0.2) is 4.79 Å². The number of benzene rings is 2. The highest BCUT2D eigenvalue weighted by Gasteiger charge is 2.19. The van der Waals surface area contributed by atoms with Crippen molar-refractivity contribution in [1.82, 2.24) is 9.88 Å². The van der Waals surface area contributed by atoms with Gasteiger partial charge in [-0.05, 0) is 73.7 Å². The molecule has 0 aliphatic carbocycles. The molecule has 0 atom stereocenters. The summed E-state index contributed by atoms with van der Waals surface area (Å²) in [5.41, 5.74) is 5.59.